The molecule has 0 aliphatic heterocycles. The van der Waals surface area contributed by atoms with E-state index in [0.717, 1.165) is 16.7 Å². The van der Waals surface area contributed by atoms with Gasteiger partial charge < -0.3 is 4.57 Å². The van der Waals surface area contributed by atoms with Gasteiger partial charge in [-0.25, -0.2) is 0 Å². The fourth-order valence-electron chi connectivity index (χ4n) is 7.67. The van der Waals surface area contributed by atoms with Gasteiger partial charge in [-0.3, -0.25) is 4.98 Å². The van der Waals surface area contributed by atoms with Crippen LogP contribution in [-0.4, -0.2) is 9.55 Å². The molecule has 0 unspecified atom stereocenters. The minimum absolute atomic E-state index is 1.03. The zero-order valence-corrected chi connectivity index (χ0v) is 24.4. The molecular formula is C43H26N2. The van der Waals surface area contributed by atoms with E-state index in [0.29, 0.717) is 0 Å². The second kappa shape index (κ2) is 9.25. The Bertz CT molecular complexity index is 2600. The molecule has 2 heteroatoms. The predicted octanol–water partition coefficient (Wildman–Crippen LogP) is 11.5. The average molecular weight is 571 g/mol. The summed E-state index contributed by atoms with van der Waals surface area (Å²) in [5.74, 6) is 0. The third kappa shape index (κ3) is 3.42. The molecule has 0 amide bonds. The van der Waals surface area contributed by atoms with Gasteiger partial charge in [0.25, 0.3) is 0 Å². The van der Waals surface area contributed by atoms with Crippen molar-refractivity contribution in [2.75, 3.05) is 0 Å². The molecule has 0 saturated carbocycles. The Morgan fingerprint density at radius 3 is 1.80 bits per heavy atom. The molecule has 0 radical (unpaired) electrons. The topological polar surface area (TPSA) is 17.8 Å². The maximum absolute atomic E-state index is 4.89. The van der Waals surface area contributed by atoms with Gasteiger partial charge in [0.15, 0.2) is 0 Å². The minimum Gasteiger partial charge on any atom is -0.308 e. The summed E-state index contributed by atoms with van der Waals surface area (Å²) in [5, 5.41) is 6.32. The Balaban J connectivity index is 1.18. The molecule has 10 rings (SSSR count). The molecule has 2 aromatic heterocycles. The molecular weight excluding hydrogens is 544 g/mol. The van der Waals surface area contributed by atoms with Crippen molar-refractivity contribution in [1.82, 2.24) is 9.55 Å². The maximum Gasteiger partial charge on any atom is 0.0969 e. The van der Waals surface area contributed by atoms with Gasteiger partial charge in [0, 0.05) is 17.3 Å². The zero-order chi connectivity index (χ0) is 29.5. The number of pyridine rings is 1. The second-order valence-electron chi connectivity index (χ2n) is 11.9. The molecule has 0 atom stereocenters. The Hall–Kier alpha value is -5.99. The summed E-state index contributed by atoms with van der Waals surface area (Å²) >= 11 is 0. The van der Waals surface area contributed by atoms with Crippen LogP contribution in [0, 0.1) is 0 Å². The summed E-state index contributed by atoms with van der Waals surface area (Å²) in [5.41, 5.74) is 14.7. The SMILES string of the molecule is c1ccc(-n2c3cccnc3c3c4ccccc4c(-c4ccc(-c5ccc6c7c(cccc57)-c5ccccc5-6)cc4)cc32)cc1. The van der Waals surface area contributed by atoms with Crippen molar-refractivity contribution in [3.8, 4) is 50.2 Å². The van der Waals surface area contributed by atoms with E-state index in [4.69, 9.17) is 4.98 Å². The minimum atomic E-state index is 1.03. The van der Waals surface area contributed by atoms with Gasteiger partial charge >= 0.3 is 0 Å². The standard InChI is InChI=1S/C43H26N2/c1-2-10-29(11-3-1)45-39-18-9-25-44-43(39)42-36-15-7-6-14-33(36)38(26-40(42)45)28-21-19-27(20-22-28)30-23-24-37-32-13-5-4-12-31(32)35-17-8-16-34(30)41(35)37/h1-26H. The van der Waals surface area contributed by atoms with Gasteiger partial charge in [-0.15, -0.1) is 0 Å². The lowest BCUT2D eigenvalue weighted by atomic mass is 9.92. The van der Waals surface area contributed by atoms with Crippen LogP contribution in [-0.2, 0) is 0 Å². The van der Waals surface area contributed by atoms with Crippen molar-refractivity contribution in [2.24, 2.45) is 0 Å². The van der Waals surface area contributed by atoms with Crippen LogP contribution >= 0.6 is 0 Å². The highest BCUT2D eigenvalue weighted by Gasteiger charge is 2.22. The van der Waals surface area contributed by atoms with Crippen LogP contribution in [0.1, 0.15) is 0 Å². The first-order chi connectivity index (χ1) is 22.3. The quantitative estimate of drug-likeness (QED) is 0.207. The van der Waals surface area contributed by atoms with Crippen LogP contribution in [0.5, 0.6) is 0 Å². The largest absolute Gasteiger partial charge is 0.308 e. The highest BCUT2D eigenvalue weighted by molar-refractivity contribution is 6.23. The molecule has 1 aliphatic carbocycles. The van der Waals surface area contributed by atoms with E-state index in [1.165, 1.54) is 77.0 Å². The molecule has 7 aromatic carbocycles. The first-order valence-corrected chi connectivity index (χ1v) is 15.5. The lowest BCUT2D eigenvalue weighted by Gasteiger charge is -2.13. The summed E-state index contributed by atoms with van der Waals surface area (Å²) in [6.07, 6.45) is 1.90. The summed E-state index contributed by atoms with van der Waals surface area (Å²) in [7, 11) is 0. The molecule has 2 nitrogen and oxygen atoms in total. The molecule has 0 N–H and O–H groups in total. The molecule has 208 valence electrons. The van der Waals surface area contributed by atoms with E-state index in [1.807, 2.05) is 12.3 Å². The lowest BCUT2D eigenvalue weighted by molar-refractivity contribution is 1.18. The molecule has 1 aliphatic rings. The fraction of sp³-hybridized carbons (Fsp3) is 0. The Labute approximate surface area is 260 Å². The second-order valence-corrected chi connectivity index (χ2v) is 11.9. The fourth-order valence-corrected chi connectivity index (χ4v) is 7.67. The average Bonchev–Trinajstić information content (AvgIpc) is 3.63. The summed E-state index contributed by atoms with van der Waals surface area (Å²) < 4.78 is 2.35. The molecule has 45 heavy (non-hydrogen) atoms. The Morgan fingerprint density at radius 1 is 0.378 bits per heavy atom. The van der Waals surface area contributed by atoms with Gasteiger partial charge in [0.1, 0.15) is 0 Å². The van der Waals surface area contributed by atoms with Gasteiger partial charge in [-0.2, -0.15) is 0 Å². The van der Waals surface area contributed by atoms with Crippen molar-refractivity contribution in [3.05, 3.63) is 158 Å². The molecule has 0 spiro atoms. The van der Waals surface area contributed by atoms with Crippen LogP contribution in [0.4, 0.5) is 0 Å². The normalized spacial score (nSPS) is 12.0. The third-order valence-corrected chi connectivity index (χ3v) is 9.60. The number of benzene rings is 7. The summed E-state index contributed by atoms with van der Waals surface area (Å²) in [4.78, 5) is 4.89. The lowest BCUT2D eigenvalue weighted by Crippen LogP contribution is -1.94. The number of nitrogens with zero attached hydrogens (tertiary/aromatic N) is 2. The van der Waals surface area contributed by atoms with Crippen LogP contribution in [0.2, 0.25) is 0 Å². The van der Waals surface area contributed by atoms with E-state index in [1.54, 1.807) is 0 Å². The van der Waals surface area contributed by atoms with E-state index in [2.05, 4.69) is 150 Å². The maximum atomic E-state index is 4.89. The summed E-state index contributed by atoms with van der Waals surface area (Å²) in [6.45, 7) is 0. The van der Waals surface area contributed by atoms with Crippen LogP contribution in [0.15, 0.2) is 158 Å². The number of rotatable bonds is 3. The van der Waals surface area contributed by atoms with Crippen molar-refractivity contribution >= 4 is 43.5 Å². The number of fused-ring (bicyclic) bond motifs is 8. The highest BCUT2D eigenvalue weighted by atomic mass is 15.0. The van der Waals surface area contributed by atoms with E-state index in [-0.39, 0.29) is 0 Å². The number of hydrogen-bond donors (Lipinski definition) is 0. The number of para-hydroxylation sites is 1. The highest BCUT2D eigenvalue weighted by Crippen LogP contribution is 2.49. The van der Waals surface area contributed by atoms with E-state index in [9.17, 15) is 0 Å². The number of aromatic nitrogens is 2. The third-order valence-electron chi connectivity index (χ3n) is 9.60. The van der Waals surface area contributed by atoms with E-state index < -0.39 is 0 Å². The molecule has 0 fully saturated rings. The molecule has 2 heterocycles. The Morgan fingerprint density at radius 2 is 1.00 bits per heavy atom. The summed E-state index contributed by atoms with van der Waals surface area (Å²) in [6, 6.07) is 55.2. The van der Waals surface area contributed by atoms with Crippen molar-refractivity contribution in [1.29, 1.82) is 0 Å². The zero-order valence-electron chi connectivity index (χ0n) is 24.4. The Kier molecular flexibility index (Phi) is 5.03. The molecule has 0 saturated heterocycles. The first-order valence-electron chi connectivity index (χ1n) is 15.5. The van der Waals surface area contributed by atoms with Crippen LogP contribution in [0.25, 0.3) is 93.7 Å². The van der Waals surface area contributed by atoms with Crippen molar-refractivity contribution in [2.45, 2.75) is 0 Å². The van der Waals surface area contributed by atoms with Crippen LogP contribution in [0.3, 0.4) is 0 Å². The molecule has 9 aromatic rings. The van der Waals surface area contributed by atoms with Gasteiger partial charge in [-0.05, 0) is 96.4 Å². The molecule has 0 bridgehead atoms. The number of hydrogen-bond acceptors (Lipinski definition) is 1. The van der Waals surface area contributed by atoms with Gasteiger partial charge in [0.2, 0.25) is 0 Å². The smallest absolute Gasteiger partial charge is 0.0969 e. The predicted molar refractivity (Wildman–Crippen MR) is 189 cm³/mol. The van der Waals surface area contributed by atoms with Crippen molar-refractivity contribution in [3.63, 3.8) is 0 Å². The van der Waals surface area contributed by atoms with Gasteiger partial charge in [0.05, 0.1) is 16.6 Å². The van der Waals surface area contributed by atoms with E-state index >= 15 is 0 Å². The first kappa shape index (κ1) is 24.5. The van der Waals surface area contributed by atoms with Crippen LogP contribution < -0.4 is 0 Å². The van der Waals surface area contributed by atoms with Crippen molar-refractivity contribution < 1.29 is 0 Å². The van der Waals surface area contributed by atoms with Gasteiger partial charge in [-0.1, -0.05) is 121 Å². The monoisotopic (exact) mass is 570 g/mol.